The van der Waals surface area contributed by atoms with Gasteiger partial charge in [-0.05, 0) is 57.7 Å². The quantitative estimate of drug-likeness (QED) is 0.641. The summed E-state index contributed by atoms with van der Waals surface area (Å²) in [7, 11) is 0. The van der Waals surface area contributed by atoms with E-state index < -0.39 is 0 Å². The van der Waals surface area contributed by atoms with Gasteiger partial charge >= 0.3 is 5.97 Å². The summed E-state index contributed by atoms with van der Waals surface area (Å²) in [5.41, 5.74) is 7.87. The zero-order valence-electron chi connectivity index (χ0n) is 12.6. The molecular formula is C16H24N2O2. The normalized spacial score (nSPS) is 14.4. The van der Waals surface area contributed by atoms with Crippen molar-refractivity contribution in [3.05, 3.63) is 23.8 Å². The molecule has 0 atom stereocenters. The molecule has 0 saturated heterocycles. The Morgan fingerprint density at radius 2 is 2.15 bits per heavy atom. The molecule has 4 nitrogen and oxygen atoms in total. The molecule has 1 aromatic carbocycles. The van der Waals surface area contributed by atoms with Gasteiger partial charge in [-0.15, -0.1) is 0 Å². The Kier molecular flexibility index (Phi) is 4.53. The van der Waals surface area contributed by atoms with Gasteiger partial charge < -0.3 is 15.4 Å². The molecule has 0 heterocycles. The average molecular weight is 276 g/mol. The van der Waals surface area contributed by atoms with Crippen molar-refractivity contribution in [2.75, 3.05) is 23.8 Å². The first kappa shape index (κ1) is 14.7. The minimum Gasteiger partial charge on any atom is -0.462 e. The third-order valence-electron chi connectivity index (χ3n) is 3.64. The Morgan fingerprint density at radius 3 is 2.70 bits per heavy atom. The van der Waals surface area contributed by atoms with Crippen molar-refractivity contribution >= 4 is 17.3 Å². The zero-order valence-corrected chi connectivity index (χ0v) is 12.6. The van der Waals surface area contributed by atoms with Gasteiger partial charge in [0.2, 0.25) is 0 Å². The van der Waals surface area contributed by atoms with E-state index in [-0.39, 0.29) is 5.97 Å². The van der Waals surface area contributed by atoms with Crippen LogP contribution in [0.15, 0.2) is 18.2 Å². The minimum atomic E-state index is -0.345. The molecule has 0 bridgehead atoms. The van der Waals surface area contributed by atoms with Gasteiger partial charge in [0.15, 0.2) is 0 Å². The van der Waals surface area contributed by atoms with E-state index in [2.05, 4.69) is 18.7 Å². The standard InChI is InChI=1S/C16H24N2O2/c1-4-20-16(19)14-9-13(7-8-15(14)17)18(11(2)3)10-12-5-6-12/h7-9,11-12H,4-6,10,17H2,1-3H3. The fourth-order valence-corrected chi connectivity index (χ4v) is 2.30. The third kappa shape index (κ3) is 3.44. The Hall–Kier alpha value is -1.71. The van der Waals surface area contributed by atoms with Gasteiger partial charge in [-0.3, -0.25) is 0 Å². The first-order chi connectivity index (χ1) is 9.52. The van der Waals surface area contributed by atoms with Gasteiger partial charge in [-0.1, -0.05) is 0 Å². The lowest BCUT2D eigenvalue weighted by atomic mass is 10.1. The number of ether oxygens (including phenoxy) is 1. The number of nitrogen functional groups attached to an aromatic ring is 1. The van der Waals surface area contributed by atoms with Crippen molar-refractivity contribution in [2.24, 2.45) is 5.92 Å². The smallest absolute Gasteiger partial charge is 0.340 e. The number of hydrogen-bond acceptors (Lipinski definition) is 4. The average Bonchev–Trinajstić information content (AvgIpc) is 3.21. The van der Waals surface area contributed by atoms with E-state index in [4.69, 9.17) is 10.5 Å². The van der Waals surface area contributed by atoms with Crippen molar-refractivity contribution in [3.8, 4) is 0 Å². The van der Waals surface area contributed by atoms with E-state index in [0.29, 0.717) is 23.9 Å². The lowest BCUT2D eigenvalue weighted by Gasteiger charge is -2.29. The summed E-state index contributed by atoms with van der Waals surface area (Å²) < 4.78 is 5.06. The molecule has 0 aliphatic heterocycles. The third-order valence-corrected chi connectivity index (χ3v) is 3.64. The molecule has 110 valence electrons. The largest absolute Gasteiger partial charge is 0.462 e. The summed E-state index contributed by atoms with van der Waals surface area (Å²) >= 11 is 0. The number of carbonyl (C=O) groups excluding carboxylic acids is 1. The van der Waals surface area contributed by atoms with Crippen LogP contribution in [0.4, 0.5) is 11.4 Å². The second-order valence-electron chi connectivity index (χ2n) is 5.68. The maximum atomic E-state index is 11.9. The van der Waals surface area contributed by atoms with Crippen LogP contribution in [0.5, 0.6) is 0 Å². The SMILES string of the molecule is CCOC(=O)c1cc(N(CC2CC2)C(C)C)ccc1N. The highest BCUT2D eigenvalue weighted by Crippen LogP contribution is 2.33. The Balaban J connectivity index is 2.25. The van der Waals surface area contributed by atoms with Gasteiger partial charge in [0.25, 0.3) is 0 Å². The number of anilines is 2. The molecule has 1 aliphatic rings. The highest BCUT2D eigenvalue weighted by molar-refractivity contribution is 5.96. The summed E-state index contributed by atoms with van der Waals surface area (Å²) in [6, 6.07) is 6.04. The Labute approximate surface area is 120 Å². The predicted molar refractivity (Wildman–Crippen MR) is 82.0 cm³/mol. The van der Waals surface area contributed by atoms with E-state index in [1.54, 1.807) is 13.0 Å². The van der Waals surface area contributed by atoms with Crippen molar-refractivity contribution in [1.82, 2.24) is 0 Å². The number of nitrogens with two attached hydrogens (primary N) is 1. The number of nitrogens with zero attached hydrogens (tertiary/aromatic N) is 1. The first-order valence-corrected chi connectivity index (χ1v) is 7.36. The van der Waals surface area contributed by atoms with Crippen LogP contribution in [-0.4, -0.2) is 25.2 Å². The molecule has 0 radical (unpaired) electrons. The van der Waals surface area contributed by atoms with E-state index in [9.17, 15) is 4.79 Å². The molecule has 1 fully saturated rings. The molecule has 2 N–H and O–H groups in total. The maximum Gasteiger partial charge on any atom is 0.340 e. The summed E-state index contributed by atoms with van der Waals surface area (Å²) in [6.45, 7) is 7.54. The summed E-state index contributed by atoms with van der Waals surface area (Å²) in [4.78, 5) is 14.3. The molecule has 0 aromatic heterocycles. The highest BCUT2D eigenvalue weighted by atomic mass is 16.5. The Bertz CT molecular complexity index is 481. The van der Waals surface area contributed by atoms with Gasteiger partial charge in [0.05, 0.1) is 12.2 Å². The number of esters is 1. The van der Waals surface area contributed by atoms with Gasteiger partial charge in [-0.2, -0.15) is 0 Å². The van der Waals surface area contributed by atoms with Crippen LogP contribution in [0.2, 0.25) is 0 Å². The fourth-order valence-electron chi connectivity index (χ4n) is 2.30. The van der Waals surface area contributed by atoms with Crippen molar-refractivity contribution in [1.29, 1.82) is 0 Å². The van der Waals surface area contributed by atoms with Crippen LogP contribution < -0.4 is 10.6 Å². The van der Waals surface area contributed by atoms with E-state index in [1.807, 2.05) is 12.1 Å². The van der Waals surface area contributed by atoms with Crippen LogP contribution in [0.3, 0.4) is 0 Å². The second kappa shape index (κ2) is 6.16. The van der Waals surface area contributed by atoms with Crippen LogP contribution in [0.25, 0.3) is 0 Å². The van der Waals surface area contributed by atoms with Crippen molar-refractivity contribution < 1.29 is 9.53 Å². The predicted octanol–water partition coefficient (Wildman–Crippen LogP) is 3.07. The molecule has 1 aromatic rings. The summed E-state index contributed by atoms with van der Waals surface area (Å²) in [5.74, 6) is 0.447. The lowest BCUT2D eigenvalue weighted by molar-refractivity contribution is 0.0527. The molecule has 2 rings (SSSR count). The number of rotatable bonds is 6. The van der Waals surface area contributed by atoms with Crippen molar-refractivity contribution in [2.45, 2.75) is 39.7 Å². The lowest BCUT2D eigenvalue weighted by Crippen LogP contribution is -2.32. The number of carbonyl (C=O) groups is 1. The molecule has 0 amide bonds. The van der Waals surface area contributed by atoms with E-state index in [1.165, 1.54) is 12.8 Å². The van der Waals surface area contributed by atoms with E-state index in [0.717, 1.165) is 18.2 Å². The molecule has 1 aliphatic carbocycles. The number of benzene rings is 1. The van der Waals surface area contributed by atoms with Gasteiger partial charge in [-0.25, -0.2) is 4.79 Å². The first-order valence-electron chi connectivity index (χ1n) is 7.36. The molecule has 20 heavy (non-hydrogen) atoms. The van der Waals surface area contributed by atoms with Gasteiger partial charge in [0.1, 0.15) is 0 Å². The monoisotopic (exact) mass is 276 g/mol. The van der Waals surface area contributed by atoms with Crippen LogP contribution >= 0.6 is 0 Å². The van der Waals surface area contributed by atoms with Gasteiger partial charge in [0, 0.05) is 24.0 Å². The number of hydrogen-bond donors (Lipinski definition) is 1. The van der Waals surface area contributed by atoms with E-state index >= 15 is 0 Å². The van der Waals surface area contributed by atoms with Crippen LogP contribution in [0.1, 0.15) is 44.0 Å². The molecule has 0 spiro atoms. The van der Waals surface area contributed by atoms with Crippen molar-refractivity contribution in [3.63, 3.8) is 0 Å². The van der Waals surface area contributed by atoms with Crippen LogP contribution in [-0.2, 0) is 4.74 Å². The zero-order chi connectivity index (χ0) is 14.7. The molecule has 1 saturated carbocycles. The topological polar surface area (TPSA) is 55.6 Å². The molecule has 0 unspecified atom stereocenters. The fraction of sp³-hybridized carbons (Fsp3) is 0.562. The Morgan fingerprint density at radius 1 is 1.45 bits per heavy atom. The molecule has 4 heteroatoms. The second-order valence-corrected chi connectivity index (χ2v) is 5.68. The highest BCUT2D eigenvalue weighted by Gasteiger charge is 2.26. The van der Waals surface area contributed by atoms with Crippen LogP contribution in [0, 0.1) is 5.92 Å². The summed E-state index contributed by atoms with van der Waals surface area (Å²) in [5, 5.41) is 0. The summed E-state index contributed by atoms with van der Waals surface area (Å²) in [6.07, 6.45) is 2.62. The maximum absolute atomic E-state index is 11.9. The molecular weight excluding hydrogens is 252 g/mol. The minimum absolute atomic E-state index is 0.345.